The molecule has 1 aliphatic rings. The lowest BCUT2D eigenvalue weighted by Crippen LogP contribution is -2.30. The van der Waals surface area contributed by atoms with Crippen LogP contribution >= 0.6 is 11.6 Å². The second-order valence-electron chi connectivity index (χ2n) is 5.53. The SMILES string of the molecule is O=C(N/N=C/c1ccc(Cl)cc1)C1CC(=O)N(c2ccccc2)C1. The van der Waals surface area contributed by atoms with E-state index < -0.39 is 5.92 Å². The van der Waals surface area contributed by atoms with Gasteiger partial charge in [0.25, 0.3) is 0 Å². The van der Waals surface area contributed by atoms with Crippen molar-refractivity contribution in [3.05, 3.63) is 65.2 Å². The molecule has 1 saturated heterocycles. The summed E-state index contributed by atoms with van der Waals surface area (Å²) in [7, 11) is 0. The summed E-state index contributed by atoms with van der Waals surface area (Å²) in [4.78, 5) is 25.9. The Morgan fingerprint density at radius 1 is 1.17 bits per heavy atom. The van der Waals surface area contributed by atoms with Crippen LogP contribution in [0.5, 0.6) is 0 Å². The highest BCUT2D eigenvalue weighted by Gasteiger charge is 2.34. The molecule has 0 bridgehead atoms. The molecular formula is C18H16ClN3O2. The smallest absolute Gasteiger partial charge is 0.245 e. The van der Waals surface area contributed by atoms with E-state index in [4.69, 9.17) is 11.6 Å². The minimum atomic E-state index is -0.403. The summed E-state index contributed by atoms with van der Waals surface area (Å²) in [6, 6.07) is 16.4. The predicted molar refractivity (Wildman–Crippen MR) is 94.1 cm³/mol. The Morgan fingerprint density at radius 3 is 2.58 bits per heavy atom. The molecule has 0 aliphatic carbocycles. The number of rotatable bonds is 4. The first-order chi connectivity index (χ1) is 11.6. The first-order valence-electron chi connectivity index (χ1n) is 7.57. The monoisotopic (exact) mass is 341 g/mol. The van der Waals surface area contributed by atoms with Gasteiger partial charge in [-0.15, -0.1) is 0 Å². The number of nitrogens with zero attached hydrogens (tertiary/aromatic N) is 2. The van der Waals surface area contributed by atoms with Crippen molar-refractivity contribution >= 4 is 35.3 Å². The first kappa shape index (κ1) is 16.2. The Balaban J connectivity index is 1.58. The zero-order valence-corrected chi connectivity index (χ0v) is 13.6. The average molecular weight is 342 g/mol. The van der Waals surface area contributed by atoms with E-state index >= 15 is 0 Å². The summed E-state index contributed by atoms with van der Waals surface area (Å²) in [5.41, 5.74) is 4.13. The Morgan fingerprint density at radius 2 is 1.88 bits per heavy atom. The second-order valence-corrected chi connectivity index (χ2v) is 5.96. The third kappa shape index (κ3) is 3.81. The molecule has 1 heterocycles. The largest absolute Gasteiger partial charge is 0.312 e. The van der Waals surface area contributed by atoms with Crippen molar-refractivity contribution in [1.29, 1.82) is 0 Å². The highest BCUT2D eigenvalue weighted by atomic mass is 35.5. The summed E-state index contributed by atoms with van der Waals surface area (Å²) in [5, 5.41) is 4.58. The number of hydrogen-bond donors (Lipinski definition) is 1. The van der Waals surface area contributed by atoms with Gasteiger partial charge in [-0.3, -0.25) is 9.59 Å². The van der Waals surface area contributed by atoms with Gasteiger partial charge in [-0.2, -0.15) is 5.10 Å². The van der Waals surface area contributed by atoms with Crippen molar-refractivity contribution in [1.82, 2.24) is 5.43 Å². The fourth-order valence-electron chi connectivity index (χ4n) is 2.55. The van der Waals surface area contributed by atoms with E-state index in [1.807, 2.05) is 30.3 Å². The van der Waals surface area contributed by atoms with Gasteiger partial charge >= 0.3 is 0 Å². The summed E-state index contributed by atoms with van der Waals surface area (Å²) < 4.78 is 0. The molecular weight excluding hydrogens is 326 g/mol. The maximum Gasteiger partial charge on any atom is 0.245 e. The van der Waals surface area contributed by atoms with Crippen molar-refractivity contribution in [2.45, 2.75) is 6.42 Å². The fourth-order valence-corrected chi connectivity index (χ4v) is 2.68. The molecule has 3 rings (SSSR count). The minimum Gasteiger partial charge on any atom is -0.312 e. The van der Waals surface area contributed by atoms with Gasteiger partial charge < -0.3 is 4.90 Å². The molecule has 0 saturated carbocycles. The predicted octanol–water partition coefficient (Wildman–Crippen LogP) is 2.84. The lowest BCUT2D eigenvalue weighted by molar-refractivity contribution is -0.126. The Labute approximate surface area is 144 Å². The van der Waals surface area contributed by atoms with Crippen LogP contribution in [0.4, 0.5) is 5.69 Å². The van der Waals surface area contributed by atoms with Crippen molar-refractivity contribution in [3.63, 3.8) is 0 Å². The lowest BCUT2D eigenvalue weighted by atomic mass is 10.1. The van der Waals surface area contributed by atoms with Crippen LogP contribution in [0.25, 0.3) is 0 Å². The van der Waals surface area contributed by atoms with E-state index in [-0.39, 0.29) is 18.2 Å². The van der Waals surface area contributed by atoms with Crippen LogP contribution in [0.1, 0.15) is 12.0 Å². The second kappa shape index (κ2) is 7.27. The van der Waals surface area contributed by atoms with Gasteiger partial charge in [0.15, 0.2) is 0 Å². The van der Waals surface area contributed by atoms with E-state index in [1.54, 1.807) is 35.4 Å². The molecule has 1 atom stereocenters. The molecule has 0 spiro atoms. The van der Waals surface area contributed by atoms with Gasteiger partial charge in [-0.25, -0.2) is 5.43 Å². The van der Waals surface area contributed by atoms with Gasteiger partial charge in [0.05, 0.1) is 12.1 Å². The number of amides is 2. The Bertz CT molecular complexity index is 760. The average Bonchev–Trinajstić information content (AvgIpc) is 2.99. The summed E-state index contributed by atoms with van der Waals surface area (Å²) in [6.45, 7) is 0.366. The molecule has 1 N–H and O–H groups in total. The summed E-state index contributed by atoms with van der Waals surface area (Å²) in [5.74, 6) is -0.713. The molecule has 122 valence electrons. The van der Waals surface area contributed by atoms with Crippen LogP contribution in [0.15, 0.2) is 59.7 Å². The molecule has 0 aromatic heterocycles. The third-order valence-corrected chi connectivity index (χ3v) is 4.07. The van der Waals surface area contributed by atoms with Gasteiger partial charge in [0.2, 0.25) is 11.8 Å². The van der Waals surface area contributed by atoms with Crippen LogP contribution in [-0.2, 0) is 9.59 Å². The zero-order chi connectivity index (χ0) is 16.9. The van der Waals surface area contributed by atoms with Gasteiger partial charge in [0, 0.05) is 23.7 Å². The van der Waals surface area contributed by atoms with Crippen LogP contribution in [0.3, 0.4) is 0 Å². The van der Waals surface area contributed by atoms with Gasteiger partial charge in [0.1, 0.15) is 0 Å². The summed E-state index contributed by atoms with van der Waals surface area (Å²) >= 11 is 5.81. The standard InChI is InChI=1S/C18H16ClN3O2/c19-15-8-6-13(7-9-15)11-20-21-18(24)14-10-17(23)22(12-14)16-4-2-1-3-5-16/h1-9,11,14H,10,12H2,(H,21,24)/b20-11+. The maximum atomic E-state index is 12.2. The normalized spacial score (nSPS) is 17.5. The van der Waals surface area contributed by atoms with Crippen LogP contribution in [0.2, 0.25) is 5.02 Å². The summed E-state index contributed by atoms with van der Waals surface area (Å²) in [6.07, 6.45) is 1.73. The number of hydrazone groups is 1. The molecule has 1 fully saturated rings. The highest BCUT2D eigenvalue weighted by Crippen LogP contribution is 2.24. The number of nitrogens with one attached hydrogen (secondary N) is 1. The van der Waals surface area contributed by atoms with Crippen molar-refractivity contribution in [3.8, 4) is 0 Å². The Kier molecular flexibility index (Phi) is 4.91. The van der Waals surface area contributed by atoms with Crippen molar-refractivity contribution in [2.24, 2.45) is 11.0 Å². The first-order valence-corrected chi connectivity index (χ1v) is 7.95. The topological polar surface area (TPSA) is 61.8 Å². The van der Waals surface area contributed by atoms with E-state index in [9.17, 15) is 9.59 Å². The van der Waals surface area contributed by atoms with Gasteiger partial charge in [-0.1, -0.05) is 41.9 Å². The van der Waals surface area contributed by atoms with Crippen molar-refractivity contribution < 1.29 is 9.59 Å². The third-order valence-electron chi connectivity index (χ3n) is 3.82. The number of halogens is 1. The Hall–Kier alpha value is -2.66. The molecule has 1 unspecified atom stereocenters. The number of carbonyl (C=O) groups excluding carboxylic acids is 2. The van der Waals surface area contributed by atoms with Crippen LogP contribution < -0.4 is 10.3 Å². The minimum absolute atomic E-state index is 0.0527. The quantitative estimate of drug-likeness (QED) is 0.686. The van der Waals surface area contributed by atoms with Crippen molar-refractivity contribution in [2.75, 3.05) is 11.4 Å². The molecule has 5 nitrogen and oxygen atoms in total. The van der Waals surface area contributed by atoms with Gasteiger partial charge in [-0.05, 0) is 29.8 Å². The number of hydrogen-bond acceptors (Lipinski definition) is 3. The number of benzene rings is 2. The number of carbonyl (C=O) groups is 2. The highest BCUT2D eigenvalue weighted by molar-refractivity contribution is 6.30. The molecule has 2 amide bonds. The van der Waals surface area contributed by atoms with Crippen LogP contribution in [-0.4, -0.2) is 24.6 Å². The van der Waals surface area contributed by atoms with Crippen LogP contribution in [0, 0.1) is 5.92 Å². The lowest BCUT2D eigenvalue weighted by Gasteiger charge is -2.16. The molecule has 2 aromatic rings. The molecule has 0 radical (unpaired) electrons. The molecule has 2 aromatic carbocycles. The molecule has 24 heavy (non-hydrogen) atoms. The van der Waals surface area contributed by atoms with E-state index in [2.05, 4.69) is 10.5 Å². The zero-order valence-electron chi connectivity index (χ0n) is 12.9. The maximum absolute atomic E-state index is 12.2. The molecule has 6 heteroatoms. The number of anilines is 1. The van der Waals surface area contributed by atoms with E-state index in [0.29, 0.717) is 11.6 Å². The van der Waals surface area contributed by atoms with E-state index in [0.717, 1.165) is 11.3 Å². The fraction of sp³-hybridized carbons (Fsp3) is 0.167. The number of para-hydroxylation sites is 1. The molecule has 1 aliphatic heterocycles. The van der Waals surface area contributed by atoms with E-state index in [1.165, 1.54) is 0 Å².